The summed E-state index contributed by atoms with van der Waals surface area (Å²) in [5, 5.41) is 3.92. The van der Waals surface area contributed by atoms with Crippen molar-refractivity contribution >= 4 is 11.6 Å². The van der Waals surface area contributed by atoms with E-state index in [1.54, 1.807) is 19.2 Å². The molecule has 0 spiro atoms. The first-order chi connectivity index (χ1) is 9.19. The van der Waals surface area contributed by atoms with Gasteiger partial charge in [0, 0.05) is 36.2 Å². The normalized spacial score (nSPS) is 17.8. The molecule has 0 aromatic heterocycles. The maximum absolute atomic E-state index is 14.2. The molecule has 4 heteroatoms. The number of ether oxygens (including phenoxy) is 1. The summed E-state index contributed by atoms with van der Waals surface area (Å²) in [7, 11) is 1.68. The van der Waals surface area contributed by atoms with Gasteiger partial charge < -0.3 is 10.1 Å². The summed E-state index contributed by atoms with van der Waals surface area (Å²) in [6.07, 6.45) is 4.26. The second kappa shape index (κ2) is 6.69. The van der Waals surface area contributed by atoms with Gasteiger partial charge in [-0.1, -0.05) is 30.5 Å². The molecule has 2 rings (SSSR count). The van der Waals surface area contributed by atoms with E-state index in [1.165, 1.54) is 6.07 Å². The van der Waals surface area contributed by atoms with Crippen molar-refractivity contribution in [1.29, 1.82) is 0 Å². The molecule has 0 heterocycles. The number of benzene rings is 1. The summed E-state index contributed by atoms with van der Waals surface area (Å²) in [4.78, 5) is 0. The SMILES string of the molecule is COCCNCC1(c2c(F)cccc2Cl)CCCC1. The van der Waals surface area contributed by atoms with Crippen molar-refractivity contribution in [3.8, 4) is 0 Å². The third-order valence-electron chi connectivity index (χ3n) is 4.00. The van der Waals surface area contributed by atoms with Crippen molar-refractivity contribution in [2.24, 2.45) is 0 Å². The second-order valence-corrected chi connectivity index (χ2v) is 5.66. The maximum Gasteiger partial charge on any atom is 0.128 e. The van der Waals surface area contributed by atoms with Crippen LogP contribution in [0.1, 0.15) is 31.2 Å². The first kappa shape index (κ1) is 14.8. The lowest BCUT2D eigenvalue weighted by atomic mass is 9.78. The van der Waals surface area contributed by atoms with Gasteiger partial charge in [0.05, 0.1) is 6.61 Å². The fourth-order valence-corrected chi connectivity index (χ4v) is 3.44. The molecule has 2 nitrogen and oxygen atoms in total. The van der Waals surface area contributed by atoms with Gasteiger partial charge >= 0.3 is 0 Å². The zero-order valence-corrected chi connectivity index (χ0v) is 12.1. The Labute approximate surface area is 119 Å². The smallest absolute Gasteiger partial charge is 0.128 e. The van der Waals surface area contributed by atoms with Crippen LogP contribution < -0.4 is 5.32 Å². The molecule has 0 aliphatic heterocycles. The van der Waals surface area contributed by atoms with Crippen molar-refractivity contribution < 1.29 is 9.13 Å². The lowest BCUT2D eigenvalue weighted by molar-refractivity contribution is 0.196. The highest BCUT2D eigenvalue weighted by Gasteiger charge is 2.38. The van der Waals surface area contributed by atoms with E-state index >= 15 is 0 Å². The standard InChI is InChI=1S/C15H21ClFNO/c1-19-10-9-18-11-15(7-2-3-8-15)14-12(16)5-4-6-13(14)17/h4-6,18H,2-3,7-11H2,1H3. The van der Waals surface area contributed by atoms with E-state index < -0.39 is 0 Å². The topological polar surface area (TPSA) is 21.3 Å². The first-order valence-electron chi connectivity index (χ1n) is 6.84. The molecule has 1 aromatic rings. The van der Waals surface area contributed by atoms with Gasteiger partial charge in [-0.2, -0.15) is 0 Å². The summed E-state index contributed by atoms with van der Waals surface area (Å²) < 4.78 is 19.2. The Kier molecular flexibility index (Phi) is 5.20. The molecule has 19 heavy (non-hydrogen) atoms. The molecule has 1 saturated carbocycles. The zero-order chi connectivity index (χ0) is 13.7. The zero-order valence-electron chi connectivity index (χ0n) is 11.3. The Morgan fingerprint density at radius 2 is 2.11 bits per heavy atom. The van der Waals surface area contributed by atoms with Crippen LogP contribution in [0.25, 0.3) is 0 Å². The van der Waals surface area contributed by atoms with Gasteiger partial charge in [0.1, 0.15) is 5.82 Å². The maximum atomic E-state index is 14.2. The van der Waals surface area contributed by atoms with Gasteiger partial charge in [-0.15, -0.1) is 0 Å². The van der Waals surface area contributed by atoms with Crippen LogP contribution in [0, 0.1) is 5.82 Å². The van der Waals surface area contributed by atoms with Gasteiger partial charge in [-0.25, -0.2) is 4.39 Å². The lowest BCUT2D eigenvalue weighted by Crippen LogP contribution is -2.38. The van der Waals surface area contributed by atoms with E-state index in [0.717, 1.165) is 38.8 Å². The number of halogens is 2. The van der Waals surface area contributed by atoms with Gasteiger partial charge in [0.2, 0.25) is 0 Å². The van der Waals surface area contributed by atoms with Crippen LogP contribution in [0.3, 0.4) is 0 Å². The lowest BCUT2D eigenvalue weighted by Gasteiger charge is -2.31. The van der Waals surface area contributed by atoms with Crippen molar-refractivity contribution in [3.05, 3.63) is 34.6 Å². The molecule has 1 aliphatic rings. The van der Waals surface area contributed by atoms with Crippen molar-refractivity contribution in [1.82, 2.24) is 5.32 Å². The fourth-order valence-electron chi connectivity index (χ4n) is 3.07. The van der Waals surface area contributed by atoms with Gasteiger partial charge in [0.15, 0.2) is 0 Å². The highest BCUT2D eigenvalue weighted by molar-refractivity contribution is 6.31. The van der Waals surface area contributed by atoms with Gasteiger partial charge in [-0.05, 0) is 25.0 Å². The molecular formula is C15H21ClFNO. The van der Waals surface area contributed by atoms with Crippen LogP contribution in [0.4, 0.5) is 4.39 Å². The van der Waals surface area contributed by atoms with E-state index in [4.69, 9.17) is 16.3 Å². The Hall–Kier alpha value is -0.640. The fraction of sp³-hybridized carbons (Fsp3) is 0.600. The highest BCUT2D eigenvalue weighted by Crippen LogP contribution is 2.44. The Balaban J connectivity index is 2.19. The monoisotopic (exact) mass is 285 g/mol. The summed E-state index contributed by atoms with van der Waals surface area (Å²) in [5.41, 5.74) is 0.537. The van der Waals surface area contributed by atoms with E-state index in [-0.39, 0.29) is 11.2 Å². The average Bonchev–Trinajstić information content (AvgIpc) is 2.84. The third-order valence-corrected chi connectivity index (χ3v) is 4.32. The van der Waals surface area contributed by atoms with E-state index in [0.29, 0.717) is 17.2 Å². The largest absolute Gasteiger partial charge is 0.383 e. The molecule has 1 N–H and O–H groups in total. The van der Waals surface area contributed by atoms with Crippen LogP contribution in [0.15, 0.2) is 18.2 Å². The minimum Gasteiger partial charge on any atom is -0.383 e. The molecule has 0 amide bonds. The number of rotatable bonds is 6. The number of hydrogen-bond acceptors (Lipinski definition) is 2. The van der Waals surface area contributed by atoms with Crippen LogP contribution in [0.2, 0.25) is 5.02 Å². The average molecular weight is 286 g/mol. The van der Waals surface area contributed by atoms with E-state index in [2.05, 4.69) is 5.32 Å². The molecule has 1 aliphatic carbocycles. The minimum atomic E-state index is -0.178. The predicted octanol–water partition coefficient (Wildman–Crippen LogP) is 3.53. The summed E-state index contributed by atoms with van der Waals surface area (Å²) >= 11 is 6.25. The molecule has 106 valence electrons. The number of hydrogen-bond donors (Lipinski definition) is 1. The van der Waals surface area contributed by atoms with Gasteiger partial charge in [0.25, 0.3) is 0 Å². The van der Waals surface area contributed by atoms with Crippen LogP contribution in [-0.4, -0.2) is 26.8 Å². The van der Waals surface area contributed by atoms with Crippen molar-refractivity contribution in [2.45, 2.75) is 31.1 Å². The van der Waals surface area contributed by atoms with Crippen LogP contribution in [-0.2, 0) is 10.2 Å². The summed E-state index contributed by atoms with van der Waals surface area (Å²) in [6.45, 7) is 2.21. The molecule has 0 unspecified atom stereocenters. The van der Waals surface area contributed by atoms with Crippen LogP contribution in [0.5, 0.6) is 0 Å². The van der Waals surface area contributed by atoms with Gasteiger partial charge in [-0.3, -0.25) is 0 Å². The molecule has 1 fully saturated rings. The summed E-state index contributed by atoms with van der Waals surface area (Å²) in [5.74, 6) is -0.178. The molecular weight excluding hydrogens is 265 g/mol. The predicted molar refractivity (Wildman–Crippen MR) is 76.3 cm³/mol. The Morgan fingerprint density at radius 3 is 2.74 bits per heavy atom. The molecule has 1 aromatic carbocycles. The van der Waals surface area contributed by atoms with Crippen molar-refractivity contribution in [2.75, 3.05) is 26.8 Å². The summed E-state index contributed by atoms with van der Waals surface area (Å²) in [6, 6.07) is 4.97. The van der Waals surface area contributed by atoms with E-state index in [1.807, 2.05) is 0 Å². The number of nitrogens with one attached hydrogen (secondary N) is 1. The minimum absolute atomic E-state index is 0.157. The van der Waals surface area contributed by atoms with Crippen LogP contribution >= 0.6 is 11.6 Å². The second-order valence-electron chi connectivity index (χ2n) is 5.25. The quantitative estimate of drug-likeness (QED) is 0.808. The third kappa shape index (κ3) is 3.28. The molecule has 0 bridgehead atoms. The Morgan fingerprint density at radius 1 is 1.37 bits per heavy atom. The molecule has 0 saturated heterocycles. The molecule has 0 radical (unpaired) electrons. The van der Waals surface area contributed by atoms with Crippen molar-refractivity contribution in [3.63, 3.8) is 0 Å². The first-order valence-corrected chi connectivity index (χ1v) is 7.21. The molecule has 0 atom stereocenters. The number of methoxy groups -OCH3 is 1. The Bertz CT molecular complexity index is 398. The van der Waals surface area contributed by atoms with E-state index in [9.17, 15) is 4.39 Å². The highest BCUT2D eigenvalue weighted by atomic mass is 35.5.